The number of halogens is 3. The fraction of sp³-hybridized carbons (Fsp3) is 0.286. The first-order chi connectivity index (χ1) is 9.02. The first-order valence-corrected chi connectivity index (χ1v) is 7.92. The highest BCUT2D eigenvalue weighted by Crippen LogP contribution is 2.35. The fourth-order valence-electron chi connectivity index (χ4n) is 1.93. The molecule has 0 saturated carbocycles. The van der Waals surface area contributed by atoms with E-state index in [4.69, 9.17) is 11.6 Å². The molecule has 1 unspecified atom stereocenters. The summed E-state index contributed by atoms with van der Waals surface area (Å²) in [6.45, 7) is 1.99. The topological polar surface area (TPSA) is 12.0 Å². The van der Waals surface area contributed by atoms with Crippen molar-refractivity contribution in [2.45, 2.75) is 19.4 Å². The van der Waals surface area contributed by atoms with Crippen LogP contribution in [0, 0.1) is 12.7 Å². The maximum atomic E-state index is 13.3. The molecule has 1 N–H and O–H groups in total. The van der Waals surface area contributed by atoms with Gasteiger partial charge in [0.05, 0.1) is 5.02 Å². The zero-order valence-corrected chi connectivity index (χ0v) is 13.8. The van der Waals surface area contributed by atoms with Crippen LogP contribution in [-0.2, 0) is 6.42 Å². The van der Waals surface area contributed by atoms with E-state index >= 15 is 0 Å². The van der Waals surface area contributed by atoms with Crippen LogP contribution in [-0.4, -0.2) is 7.05 Å². The van der Waals surface area contributed by atoms with E-state index in [1.54, 1.807) is 23.5 Å². The Bertz CT molecular complexity index is 585. The minimum absolute atomic E-state index is 0.0873. The van der Waals surface area contributed by atoms with Gasteiger partial charge in [0.2, 0.25) is 0 Å². The fourth-order valence-corrected chi connectivity index (χ4v) is 3.77. The summed E-state index contributed by atoms with van der Waals surface area (Å²) in [7, 11) is 1.89. The Morgan fingerprint density at radius 2 is 2.21 bits per heavy atom. The van der Waals surface area contributed by atoms with E-state index in [2.05, 4.69) is 21.2 Å². The van der Waals surface area contributed by atoms with Crippen LogP contribution in [0.3, 0.4) is 0 Å². The number of rotatable bonds is 4. The molecule has 0 spiro atoms. The van der Waals surface area contributed by atoms with Gasteiger partial charge >= 0.3 is 0 Å². The minimum atomic E-state index is -0.221. The lowest BCUT2D eigenvalue weighted by atomic mass is 10.0. The zero-order valence-electron chi connectivity index (χ0n) is 10.6. The Morgan fingerprint density at radius 1 is 1.47 bits per heavy atom. The average Bonchev–Trinajstić information content (AvgIpc) is 2.71. The van der Waals surface area contributed by atoms with E-state index in [-0.39, 0.29) is 11.9 Å². The molecular weight excluding hydrogens is 349 g/mol. The summed E-state index contributed by atoms with van der Waals surface area (Å²) in [5.74, 6) is -0.221. The zero-order chi connectivity index (χ0) is 14.0. The minimum Gasteiger partial charge on any atom is -0.312 e. The summed E-state index contributed by atoms with van der Waals surface area (Å²) < 4.78 is 14.2. The van der Waals surface area contributed by atoms with Gasteiger partial charge in [0.25, 0.3) is 0 Å². The largest absolute Gasteiger partial charge is 0.312 e. The number of thiophene rings is 1. The summed E-state index contributed by atoms with van der Waals surface area (Å²) in [5.41, 5.74) is 2.02. The molecule has 5 heteroatoms. The quantitative estimate of drug-likeness (QED) is 0.796. The lowest BCUT2D eigenvalue weighted by molar-refractivity contribution is 0.590. The molecule has 0 radical (unpaired) electrons. The van der Waals surface area contributed by atoms with E-state index in [1.165, 1.54) is 6.07 Å². The molecule has 1 nitrogen and oxygen atoms in total. The molecule has 0 fully saturated rings. The van der Waals surface area contributed by atoms with E-state index in [0.29, 0.717) is 6.42 Å². The highest BCUT2D eigenvalue weighted by molar-refractivity contribution is 9.10. The summed E-state index contributed by atoms with van der Waals surface area (Å²) in [6, 6.07) is 4.83. The van der Waals surface area contributed by atoms with Crippen molar-refractivity contribution in [3.8, 4) is 0 Å². The third-order valence-corrected chi connectivity index (χ3v) is 5.62. The van der Waals surface area contributed by atoms with Crippen molar-refractivity contribution in [1.82, 2.24) is 5.32 Å². The van der Waals surface area contributed by atoms with Crippen LogP contribution in [0.1, 0.15) is 22.0 Å². The van der Waals surface area contributed by atoms with Gasteiger partial charge in [0.1, 0.15) is 5.82 Å². The molecular formula is C14H14BrClFNS. The summed E-state index contributed by atoms with van der Waals surface area (Å²) >= 11 is 11.4. The van der Waals surface area contributed by atoms with Gasteiger partial charge in [-0.25, -0.2) is 4.39 Å². The molecule has 0 saturated heterocycles. The van der Waals surface area contributed by atoms with Gasteiger partial charge in [-0.3, -0.25) is 0 Å². The van der Waals surface area contributed by atoms with Crippen LogP contribution in [0.4, 0.5) is 4.39 Å². The first kappa shape index (κ1) is 15.0. The van der Waals surface area contributed by atoms with Crippen LogP contribution in [0.25, 0.3) is 0 Å². The van der Waals surface area contributed by atoms with E-state index in [9.17, 15) is 4.39 Å². The molecule has 2 aromatic rings. The molecule has 0 bridgehead atoms. The molecule has 0 aliphatic rings. The summed E-state index contributed by atoms with van der Waals surface area (Å²) in [5, 5.41) is 6.10. The molecule has 0 aliphatic carbocycles. The second-order valence-electron chi connectivity index (χ2n) is 4.38. The Morgan fingerprint density at radius 3 is 2.79 bits per heavy atom. The standard InChI is InChI=1S/C14H14BrClFNS/c1-8-7-19-14(13(8)16)12(18-2)6-9-5-10(17)3-4-11(9)15/h3-5,7,12,18H,6H2,1-2H3. The third-order valence-electron chi connectivity index (χ3n) is 3.02. The second kappa shape index (κ2) is 6.35. The Kier molecular flexibility index (Phi) is 5.01. The van der Waals surface area contributed by atoms with Crippen molar-refractivity contribution < 1.29 is 4.39 Å². The van der Waals surface area contributed by atoms with E-state index in [1.807, 2.05) is 19.4 Å². The molecule has 1 aromatic heterocycles. The normalized spacial score (nSPS) is 12.7. The lowest BCUT2D eigenvalue weighted by Crippen LogP contribution is -2.18. The molecule has 19 heavy (non-hydrogen) atoms. The number of likely N-dealkylation sites (N-methyl/N-ethyl adjacent to an activating group) is 1. The van der Waals surface area contributed by atoms with Crippen molar-refractivity contribution in [1.29, 1.82) is 0 Å². The number of benzene rings is 1. The summed E-state index contributed by atoms with van der Waals surface area (Å²) in [6.07, 6.45) is 0.689. The van der Waals surface area contributed by atoms with Gasteiger partial charge in [-0.05, 0) is 55.1 Å². The maximum Gasteiger partial charge on any atom is 0.123 e. The average molecular weight is 363 g/mol. The van der Waals surface area contributed by atoms with Crippen LogP contribution in [0.2, 0.25) is 5.02 Å². The SMILES string of the molecule is CNC(Cc1cc(F)ccc1Br)c1scc(C)c1Cl. The van der Waals surface area contributed by atoms with Crippen LogP contribution in [0.15, 0.2) is 28.1 Å². The Hall–Kier alpha value is -0.420. The molecule has 1 heterocycles. The van der Waals surface area contributed by atoms with Crippen molar-refractivity contribution in [2.24, 2.45) is 0 Å². The molecule has 1 atom stereocenters. The van der Waals surface area contributed by atoms with Crippen LogP contribution < -0.4 is 5.32 Å². The van der Waals surface area contributed by atoms with Crippen molar-refractivity contribution in [3.63, 3.8) is 0 Å². The number of hydrogen-bond acceptors (Lipinski definition) is 2. The third kappa shape index (κ3) is 3.37. The van der Waals surface area contributed by atoms with Gasteiger partial charge in [-0.15, -0.1) is 11.3 Å². The number of nitrogens with one attached hydrogen (secondary N) is 1. The molecule has 0 amide bonds. The smallest absolute Gasteiger partial charge is 0.123 e. The number of hydrogen-bond donors (Lipinski definition) is 1. The van der Waals surface area contributed by atoms with Crippen molar-refractivity contribution in [3.05, 3.63) is 54.9 Å². The van der Waals surface area contributed by atoms with E-state index < -0.39 is 0 Å². The van der Waals surface area contributed by atoms with Gasteiger partial charge in [0.15, 0.2) is 0 Å². The van der Waals surface area contributed by atoms with Gasteiger partial charge < -0.3 is 5.32 Å². The second-order valence-corrected chi connectivity index (χ2v) is 6.52. The maximum absolute atomic E-state index is 13.3. The van der Waals surface area contributed by atoms with Gasteiger partial charge in [0, 0.05) is 15.4 Å². The summed E-state index contributed by atoms with van der Waals surface area (Å²) in [4.78, 5) is 1.10. The monoisotopic (exact) mass is 361 g/mol. The Labute approximate surface area is 129 Å². The highest BCUT2D eigenvalue weighted by Gasteiger charge is 2.18. The predicted molar refractivity (Wildman–Crippen MR) is 83.7 cm³/mol. The van der Waals surface area contributed by atoms with Gasteiger partial charge in [-0.2, -0.15) is 0 Å². The van der Waals surface area contributed by atoms with E-state index in [0.717, 1.165) is 25.5 Å². The van der Waals surface area contributed by atoms with Crippen molar-refractivity contribution >= 4 is 38.9 Å². The molecule has 0 aliphatic heterocycles. The van der Waals surface area contributed by atoms with Crippen LogP contribution >= 0.6 is 38.9 Å². The van der Waals surface area contributed by atoms with Gasteiger partial charge in [-0.1, -0.05) is 27.5 Å². The number of aryl methyl sites for hydroxylation is 1. The lowest BCUT2D eigenvalue weighted by Gasteiger charge is -2.16. The molecule has 102 valence electrons. The molecule has 1 aromatic carbocycles. The first-order valence-electron chi connectivity index (χ1n) is 5.87. The molecule has 2 rings (SSSR count). The predicted octanol–water partition coefficient (Wildman–Crippen LogP) is 5.11. The van der Waals surface area contributed by atoms with Crippen molar-refractivity contribution in [2.75, 3.05) is 7.05 Å². The highest BCUT2D eigenvalue weighted by atomic mass is 79.9. The Balaban J connectivity index is 2.29. The van der Waals surface area contributed by atoms with Crippen LogP contribution in [0.5, 0.6) is 0 Å².